The fourth-order valence-electron chi connectivity index (χ4n) is 3.58. The quantitative estimate of drug-likeness (QED) is 0.482. The molecule has 0 amide bonds. The van der Waals surface area contributed by atoms with Crippen molar-refractivity contribution in [3.63, 3.8) is 0 Å². The second kappa shape index (κ2) is 6.75. The molecule has 1 N–H and O–H groups in total. The van der Waals surface area contributed by atoms with Gasteiger partial charge in [0, 0.05) is 35.1 Å². The maximum Gasteiger partial charge on any atom is 0.259 e. The van der Waals surface area contributed by atoms with Gasteiger partial charge in [0.2, 0.25) is 0 Å². The molecule has 0 radical (unpaired) electrons. The Bertz CT molecular complexity index is 1350. The molecule has 4 aromatic rings. The standard InChI is InChI=1S/C23H17F2NO3S/c1-26-12-17(21-15(22(26)27)6-9-30-21)16-10-13(23(28)7-8-23)2-4-19(16)29-20-5-3-14(24)11-18(20)25/h2-6,9-12,28H,7-8H2,1H3. The predicted molar refractivity (Wildman–Crippen MR) is 112 cm³/mol. The van der Waals surface area contributed by atoms with Crippen molar-refractivity contribution in [3.8, 4) is 22.6 Å². The van der Waals surface area contributed by atoms with E-state index in [2.05, 4.69) is 0 Å². The lowest BCUT2D eigenvalue weighted by atomic mass is 9.99. The third-order valence-corrected chi connectivity index (χ3v) is 6.38. The third-order valence-electron chi connectivity index (χ3n) is 5.43. The summed E-state index contributed by atoms with van der Waals surface area (Å²) in [5.74, 6) is -1.26. The number of thiophene rings is 1. The molecule has 0 saturated heterocycles. The SMILES string of the molecule is Cn1cc(-c2cc(C3(O)CC3)ccc2Oc2ccc(F)cc2F)c2sccc2c1=O. The van der Waals surface area contributed by atoms with Crippen molar-refractivity contribution < 1.29 is 18.6 Å². The van der Waals surface area contributed by atoms with Gasteiger partial charge in [-0.1, -0.05) is 6.07 Å². The summed E-state index contributed by atoms with van der Waals surface area (Å²) in [7, 11) is 1.67. The molecule has 7 heteroatoms. The zero-order valence-corrected chi connectivity index (χ0v) is 16.8. The van der Waals surface area contributed by atoms with E-state index in [1.165, 1.54) is 22.0 Å². The molecule has 0 spiro atoms. The van der Waals surface area contributed by atoms with Crippen molar-refractivity contribution in [1.82, 2.24) is 4.57 Å². The molecule has 5 rings (SSSR count). The van der Waals surface area contributed by atoms with Gasteiger partial charge < -0.3 is 14.4 Å². The van der Waals surface area contributed by atoms with Gasteiger partial charge >= 0.3 is 0 Å². The summed E-state index contributed by atoms with van der Waals surface area (Å²) in [6.07, 6.45) is 3.05. The second-order valence-corrected chi connectivity index (χ2v) is 8.46. The molecule has 30 heavy (non-hydrogen) atoms. The van der Waals surface area contributed by atoms with E-state index < -0.39 is 17.2 Å². The molecular formula is C23H17F2NO3S. The number of aryl methyl sites for hydroxylation is 1. The summed E-state index contributed by atoms with van der Waals surface area (Å²) in [5, 5.41) is 13.0. The lowest BCUT2D eigenvalue weighted by molar-refractivity contribution is 0.151. The Labute approximate surface area is 174 Å². The van der Waals surface area contributed by atoms with E-state index in [4.69, 9.17) is 4.74 Å². The molecule has 1 saturated carbocycles. The van der Waals surface area contributed by atoms with Gasteiger partial charge in [-0.25, -0.2) is 8.78 Å². The molecule has 0 atom stereocenters. The smallest absolute Gasteiger partial charge is 0.259 e. The molecule has 2 aromatic heterocycles. The number of rotatable bonds is 4. The molecule has 1 aliphatic carbocycles. The summed E-state index contributed by atoms with van der Waals surface area (Å²) >= 11 is 1.43. The zero-order valence-electron chi connectivity index (χ0n) is 16.0. The van der Waals surface area contributed by atoms with Crippen molar-refractivity contribution >= 4 is 21.4 Å². The van der Waals surface area contributed by atoms with Gasteiger partial charge in [-0.15, -0.1) is 11.3 Å². The van der Waals surface area contributed by atoms with Crippen LogP contribution in [0.4, 0.5) is 8.78 Å². The lowest BCUT2D eigenvalue weighted by Crippen LogP contribution is -2.15. The highest BCUT2D eigenvalue weighted by Gasteiger charge is 2.42. The first-order valence-corrected chi connectivity index (χ1v) is 10.3. The highest BCUT2D eigenvalue weighted by molar-refractivity contribution is 7.17. The maximum absolute atomic E-state index is 14.2. The summed E-state index contributed by atoms with van der Waals surface area (Å²) < 4.78 is 35.6. The largest absolute Gasteiger partial charge is 0.454 e. The van der Waals surface area contributed by atoms with Gasteiger partial charge in [-0.2, -0.15) is 0 Å². The monoisotopic (exact) mass is 425 g/mol. The Morgan fingerprint density at radius 3 is 2.57 bits per heavy atom. The number of hydrogen-bond donors (Lipinski definition) is 1. The Morgan fingerprint density at radius 2 is 1.83 bits per heavy atom. The van der Waals surface area contributed by atoms with Crippen molar-refractivity contribution in [3.05, 3.63) is 81.6 Å². The van der Waals surface area contributed by atoms with Crippen LogP contribution in [-0.2, 0) is 12.6 Å². The number of benzene rings is 2. The van der Waals surface area contributed by atoms with Crippen LogP contribution in [-0.4, -0.2) is 9.67 Å². The number of aromatic nitrogens is 1. The van der Waals surface area contributed by atoms with Crippen LogP contribution >= 0.6 is 11.3 Å². The first-order valence-electron chi connectivity index (χ1n) is 9.43. The third kappa shape index (κ3) is 3.11. The Morgan fingerprint density at radius 1 is 1.07 bits per heavy atom. The summed E-state index contributed by atoms with van der Waals surface area (Å²) in [6.45, 7) is 0. The van der Waals surface area contributed by atoms with Crippen LogP contribution in [0.25, 0.3) is 21.2 Å². The topological polar surface area (TPSA) is 51.5 Å². The lowest BCUT2D eigenvalue weighted by Gasteiger charge is -2.17. The molecule has 152 valence electrons. The minimum absolute atomic E-state index is 0.109. The molecular weight excluding hydrogens is 408 g/mol. The molecule has 0 aliphatic heterocycles. The van der Waals surface area contributed by atoms with Gasteiger partial charge in [0.1, 0.15) is 11.6 Å². The number of nitrogens with zero attached hydrogens (tertiary/aromatic N) is 1. The van der Waals surface area contributed by atoms with Crippen LogP contribution in [0.2, 0.25) is 0 Å². The maximum atomic E-state index is 14.2. The van der Waals surface area contributed by atoms with Gasteiger partial charge in [-0.3, -0.25) is 4.79 Å². The first kappa shape index (κ1) is 19.0. The summed E-state index contributed by atoms with van der Waals surface area (Å²) in [6, 6.07) is 10.1. The number of hydrogen-bond acceptors (Lipinski definition) is 4. The van der Waals surface area contributed by atoms with Crippen LogP contribution in [0.1, 0.15) is 18.4 Å². The zero-order chi connectivity index (χ0) is 21.0. The average molecular weight is 425 g/mol. The van der Waals surface area contributed by atoms with E-state index in [-0.39, 0.29) is 11.3 Å². The van der Waals surface area contributed by atoms with Crippen LogP contribution in [0, 0.1) is 11.6 Å². The van der Waals surface area contributed by atoms with Crippen molar-refractivity contribution in [2.75, 3.05) is 0 Å². The number of fused-ring (bicyclic) bond motifs is 1. The Balaban J connectivity index is 1.72. The van der Waals surface area contributed by atoms with E-state index in [0.717, 1.165) is 28.0 Å². The predicted octanol–water partition coefficient (Wildman–Crippen LogP) is 5.32. The molecule has 0 bridgehead atoms. The van der Waals surface area contributed by atoms with Gasteiger partial charge in [-0.05, 0) is 54.1 Å². The highest BCUT2D eigenvalue weighted by atomic mass is 32.1. The van der Waals surface area contributed by atoms with Crippen molar-refractivity contribution in [2.45, 2.75) is 18.4 Å². The number of aliphatic hydroxyl groups is 1. The number of ether oxygens (including phenoxy) is 1. The van der Waals surface area contributed by atoms with Crippen LogP contribution < -0.4 is 10.3 Å². The molecule has 2 heterocycles. The van der Waals surface area contributed by atoms with Crippen molar-refractivity contribution in [2.24, 2.45) is 7.05 Å². The minimum Gasteiger partial charge on any atom is -0.454 e. The second-order valence-electron chi connectivity index (χ2n) is 7.54. The highest BCUT2D eigenvalue weighted by Crippen LogP contribution is 2.48. The van der Waals surface area contributed by atoms with E-state index >= 15 is 0 Å². The first-order chi connectivity index (χ1) is 14.4. The van der Waals surface area contributed by atoms with Gasteiger partial charge in [0.05, 0.1) is 11.0 Å². The van der Waals surface area contributed by atoms with Crippen LogP contribution in [0.15, 0.2) is 58.8 Å². The summed E-state index contributed by atoms with van der Waals surface area (Å²) in [4.78, 5) is 12.5. The normalized spacial score (nSPS) is 14.8. The van der Waals surface area contributed by atoms with E-state index in [9.17, 15) is 18.7 Å². The Hall–Kier alpha value is -3.03. The number of halogens is 2. The molecule has 0 unspecified atom stereocenters. The van der Waals surface area contributed by atoms with Gasteiger partial charge in [0.15, 0.2) is 11.6 Å². The minimum atomic E-state index is -0.871. The molecule has 4 nitrogen and oxygen atoms in total. The van der Waals surface area contributed by atoms with Crippen LogP contribution in [0.3, 0.4) is 0 Å². The average Bonchev–Trinajstić information content (AvgIpc) is 3.28. The fraction of sp³-hybridized carbons (Fsp3) is 0.174. The number of pyridine rings is 1. The summed E-state index contributed by atoms with van der Waals surface area (Å²) in [5.41, 5.74) is 1.12. The van der Waals surface area contributed by atoms with E-state index in [0.29, 0.717) is 29.5 Å². The van der Waals surface area contributed by atoms with Crippen LogP contribution in [0.5, 0.6) is 11.5 Å². The van der Waals surface area contributed by atoms with E-state index in [1.54, 1.807) is 31.4 Å². The van der Waals surface area contributed by atoms with Crippen molar-refractivity contribution in [1.29, 1.82) is 0 Å². The molecule has 2 aromatic carbocycles. The molecule has 1 aliphatic rings. The fourth-order valence-corrected chi connectivity index (χ4v) is 4.49. The van der Waals surface area contributed by atoms with E-state index in [1.807, 2.05) is 11.4 Å². The van der Waals surface area contributed by atoms with Gasteiger partial charge in [0.25, 0.3) is 5.56 Å². The molecule has 1 fully saturated rings. The Kier molecular flexibility index (Phi) is 4.27.